The van der Waals surface area contributed by atoms with Crippen LogP contribution in [0.3, 0.4) is 0 Å². The smallest absolute Gasteiger partial charge is 0.0554 e. The van der Waals surface area contributed by atoms with Crippen LogP contribution in [0.5, 0.6) is 0 Å². The fourth-order valence-electron chi connectivity index (χ4n) is 2.23. The number of hydrogen-bond donors (Lipinski definition) is 1. The molecular weight excluding hydrogens is 218 g/mol. The first-order chi connectivity index (χ1) is 8.49. The predicted octanol–water partition coefficient (Wildman–Crippen LogP) is 3.97. The quantitative estimate of drug-likeness (QED) is 0.843. The number of benzene rings is 2. The first kappa shape index (κ1) is 12.8. The van der Waals surface area contributed by atoms with Gasteiger partial charge < -0.3 is 5.73 Å². The Morgan fingerprint density at radius 1 is 0.778 bits per heavy atom. The van der Waals surface area contributed by atoms with E-state index in [1.165, 1.54) is 33.4 Å². The van der Waals surface area contributed by atoms with E-state index in [1.54, 1.807) is 0 Å². The second-order valence-corrected chi connectivity index (χ2v) is 5.18. The largest absolute Gasteiger partial charge is 0.320 e. The zero-order chi connectivity index (χ0) is 13.3. The Bertz CT molecular complexity index is 570. The van der Waals surface area contributed by atoms with E-state index in [4.69, 9.17) is 5.73 Å². The van der Waals surface area contributed by atoms with Crippen LogP contribution in [0.15, 0.2) is 36.4 Å². The highest BCUT2D eigenvalue weighted by atomic mass is 14.6. The zero-order valence-corrected chi connectivity index (χ0v) is 11.6. The van der Waals surface area contributed by atoms with E-state index in [0.717, 1.165) is 0 Å². The number of hydrogen-bond acceptors (Lipinski definition) is 1. The van der Waals surface area contributed by atoms with Crippen molar-refractivity contribution in [2.45, 2.75) is 33.7 Å². The van der Waals surface area contributed by atoms with Crippen molar-refractivity contribution in [2.75, 3.05) is 0 Å². The molecule has 0 aliphatic heterocycles. The van der Waals surface area contributed by atoms with Crippen LogP contribution in [0.25, 0.3) is 0 Å². The zero-order valence-electron chi connectivity index (χ0n) is 11.6. The van der Waals surface area contributed by atoms with E-state index in [9.17, 15) is 0 Å². The van der Waals surface area contributed by atoms with E-state index < -0.39 is 0 Å². The van der Waals surface area contributed by atoms with Gasteiger partial charge in [-0.3, -0.25) is 0 Å². The molecule has 1 atom stereocenters. The van der Waals surface area contributed by atoms with Crippen LogP contribution in [0.4, 0.5) is 0 Å². The maximum Gasteiger partial charge on any atom is 0.0554 e. The van der Waals surface area contributed by atoms with E-state index in [1.807, 2.05) is 0 Å². The van der Waals surface area contributed by atoms with E-state index in [0.29, 0.717) is 0 Å². The van der Waals surface area contributed by atoms with Crippen molar-refractivity contribution >= 4 is 0 Å². The first-order valence-electron chi connectivity index (χ1n) is 6.39. The number of aryl methyl sites for hydroxylation is 4. The summed E-state index contributed by atoms with van der Waals surface area (Å²) in [7, 11) is 0. The van der Waals surface area contributed by atoms with Crippen LogP contribution in [0, 0.1) is 27.7 Å². The maximum atomic E-state index is 6.40. The fourth-order valence-corrected chi connectivity index (χ4v) is 2.23. The van der Waals surface area contributed by atoms with Crippen LogP contribution in [0.1, 0.15) is 39.4 Å². The molecule has 18 heavy (non-hydrogen) atoms. The highest BCUT2D eigenvalue weighted by Gasteiger charge is 2.12. The van der Waals surface area contributed by atoms with Crippen molar-refractivity contribution in [1.29, 1.82) is 0 Å². The Morgan fingerprint density at radius 3 is 2.11 bits per heavy atom. The van der Waals surface area contributed by atoms with Crippen molar-refractivity contribution < 1.29 is 0 Å². The van der Waals surface area contributed by atoms with Gasteiger partial charge in [0.05, 0.1) is 6.04 Å². The molecule has 94 valence electrons. The monoisotopic (exact) mass is 239 g/mol. The molecule has 0 radical (unpaired) electrons. The molecule has 0 spiro atoms. The lowest BCUT2D eigenvalue weighted by atomic mass is 9.92. The van der Waals surface area contributed by atoms with Gasteiger partial charge in [-0.2, -0.15) is 0 Å². The van der Waals surface area contributed by atoms with E-state index in [-0.39, 0.29) is 6.04 Å². The molecule has 2 aromatic carbocycles. The predicted molar refractivity (Wildman–Crippen MR) is 77.9 cm³/mol. The molecule has 2 aromatic rings. The second-order valence-electron chi connectivity index (χ2n) is 5.18. The summed E-state index contributed by atoms with van der Waals surface area (Å²) in [6.07, 6.45) is 0. The average Bonchev–Trinajstić information content (AvgIpc) is 2.35. The third kappa shape index (κ3) is 2.46. The summed E-state index contributed by atoms with van der Waals surface area (Å²) in [4.78, 5) is 0. The van der Waals surface area contributed by atoms with Crippen molar-refractivity contribution in [3.63, 3.8) is 0 Å². The molecule has 1 unspecified atom stereocenters. The molecular formula is C17H21N. The summed E-state index contributed by atoms with van der Waals surface area (Å²) in [6, 6.07) is 12.9. The van der Waals surface area contributed by atoms with Crippen molar-refractivity contribution in [1.82, 2.24) is 0 Å². The molecule has 0 bridgehead atoms. The summed E-state index contributed by atoms with van der Waals surface area (Å²) < 4.78 is 0. The average molecular weight is 239 g/mol. The van der Waals surface area contributed by atoms with Gasteiger partial charge in [0.1, 0.15) is 0 Å². The van der Waals surface area contributed by atoms with Gasteiger partial charge in [0.15, 0.2) is 0 Å². The SMILES string of the molecule is Cc1ccc(C)c(C(N)c2ccc(C)c(C)c2)c1. The highest BCUT2D eigenvalue weighted by molar-refractivity contribution is 5.41. The summed E-state index contributed by atoms with van der Waals surface area (Å²) in [5.41, 5.74) is 13.9. The van der Waals surface area contributed by atoms with Crippen LogP contribution < -0.4 is 5.73 Å². The molecule has 0 aliphatic carbocycles. The molecule has 1 nitrogen and oxygen atoms in total. The fraction of sp³-hybridized carbons (Fsp3) is 0.294. The Balaban J connectivity index is 2.44. The van der Waals surface area contributed by atoms with E-state index >= 15 is 0 Å². The van der Waals surface area contributed by atoms with Gasteiger partial charge in [-0.1, -0.05) is 42.0 Å². The van der Waals surface area contributed by atoms with Crippen LogP contribution >= 0.6 is 0 Å². The normalized spacial score (nSPS) is 12.5. The highest BCUT2D eigenvalue weighted by Crippen LogP contribution is 2.25. The van der Waals surface area contributed by atoms with E-state index in [2.05, 4.69) is 64.1 Å². The Hall–Kier alpha value is -1.60. The lowest BCUT2D eigenvalue weighted by Gasteiger charge is -2.17. The van der Waals surface area contributed by atoms with Gasteiger partial charge in [-0.15, -0.1) is 0 Å². The summed E-state index contributed by atoms with van der Waals surface area (Å²) in [6.45, 7) is 8.49. The van der Waals surface area contributed by atoms with Crippen molar-refractivity contribution in [2.24, 2.45) is 5.73 Å². The molecule has 0 fully saturated rings. The summed E-state index contributed by atoms with van der Waals surface area (Å²) in [5.74, 6) is 0. The van der Waals surface area contributed by atoms with Gasteiger partial charge in [0, 0.05) is 0 Å². The van der Waals surface area contributed by atoms with Gasteiger partial charge in [-0.05, 0) is 55.5 Å². The molecule has 0 amide bonds. The minimum absolute atomic E-state index is 0.0378. The third-order valence-corrected chi connectivity index (χ3v) is 3.66. The van der Waals surface area contributed by atoms with Crippen molar-refractivity contribution in [3.8, 4) is 0 Å². The molecule has 0 aromatic heterocycles. The van der Waals surface area contributed by atoms with Gasteiger partial charge in [0.2, 0.25) is 0 Å². The van der Waals surface area contributed by atoms with Gasteiger partial charge >= 0.3 is 0 Å². The van der Waals surface area contributed by atoms with Crippen LogP contribution in [-0.2, 0) is 0 Å². The minimum Gasteiger partial charge on any atom is -0.320 e. The lowest BCUT2D eigenvalue weighted by Crippen LogP contribution is -2.13. The summed E-state index contributed by atoms with van der Waals surface area (Å²) >= 11 is 0. The molecule has 0 saturated heterocycles. The third-order valence-electron chi connectivity index (χ3n) is 3.66. The molecule has 2 N–H and O–H groups in total. The molecule has 0 aliphatic rings. The lowest BCUT2D eigenvalue weighted by molar-refractivity contribution is 0.857. The molecule has 0 heterocycles. The topological polar surface area (TPSA) is 26.0 Å². The Morgan fingerprint density at radius 2 is 1.44 bits per heavy atom. The Labute approximate surface area is 110 Å². The van der Waals surface area contributed by atoms with Crippen LogP contribution in [-0.4, -0.2) is 0 Å². The van der Waals surface area contributed by atoms with Gasteiger partial charge in [0.25, 0.3) is 0 Å². The molecule has 1 heteroatoms. The van der Waals surface area contributed by atoms with Gasteiger partial charge in [-0.25, -0.2) is 0 Å². The number of rotatable bonds is 2. The Kier molecular flexibility index (Phi) is 3.53. The molecule has 0 saturated carbocycles. The minimum atomic E-state index is -0.0378. The maximum absolute atomic E-state index is 6.40. The standard InChI is InChI=1S/C17H21N/c1-11-5-6-13(3)16(9-11)17(18)15-8-7-12(2)14(4)10-15/h5-10,17H,18H2,1-4H3. The van der Waals surface area contributed by atoms with Crippen molar-refractivity contribution in [3.05, 3.63) is 69.8 Å². The van der Waals surface area contributed by atoms with Crippen LogP contribution in [0.2, 0.25) is 0 Å². The second kappa shape index (κ2) is 4.95. The molecule has 2 rings (SSSR count). The first-order valence-corrected chi connectivity index (χ1v) is 6.39. The summed E-state index contributed by atoms with van der Waals surface area (Å²) in [5, 5.41) is 0. The number of nitrogens with two attached hydrogens (primary N) is 1.